The summed E-state index contributed by atoms with van der Waals surface area (Å²) in [5.74, 6) is 5.80. The first-order valence-corrected chi connectivity index (χ1v) is 11.6. The van der Waals surface area contributed by atoms with Crippen molar-refractivity contribution in [2.45, 2.75) is 99.3 Å². The van der Waals surface area contributed by atoms with E-state index in [1.165, 1.54) is 63.9 Å². The second kappa shape index (κ2) is 8.29. The van der Waals surface area contributed by atoms with Crippen LogP contribution >= 0.6 is 0 Å². The van der Waals surface area contributed by atoms with Gasteiger partial charge in [-0.1, -0.05) is 47.0 Å². The van der Waals surface area contributed by atoms with Crippen molar-refractivity contribution in [1.82, 2.24) is 0 Å². The van der Waals surface area contributed by atoms with E-state index in [1.54, 1.807) is 0 Å². The third-order valence-corrected chi connectivity index (χ3v) is 8.61. The molecule has 0 spiro atoms. The van der Waals surface area contributed by atoms with E-state index >= 15 is 0 Å². The first-order chi connectivity index (χ1) is 12.7. The molecule has 3 aliphatic rings. The van der Waals surface area contributed by atoms with E-state index in [-0.39, 0.29) is 5.97 Å². The predicted octanol–water partition coefficient (Wildman–Crippen LogP) is 7.14. The number of esters is 1. The molecular formula is C25H42O2. The van der Waals surface area contributed by atoms with Crippen LogP contribution in [0.15, 0.2) is 11.3 Å². The van der Waals surface area contributed by atoms with Gasteiger partial charge in [-0.3, -0.25) is 4.79 Å². The molecule has 0 bridgehead atoms. The van der Waals surface area contributed by atoms with Crippen molar-refractivity contribution in [3.8, 4) is 0 Å². The summed E-state index contributed by atoms with van der Waals surface area (Å²) in [6, 6.07) is 0. The fourth-order valence-corrected chi connectivity index (χ4v) is 7.26. The maximum Gasteiger partial charge on any atom is 0.307 e. The third-order valence-electron chi connectivity index (χ3n) is 8.61. The molecule has 0 aromatic carbocycles. The van der Waals surface area contributed by atoms with Gasteiger partial charge in [-0.15, -0.1) is 0 Å². The molecule has 3 rings (SSSR count). The van der Waals surface area contributed by atoms with Gasteiger partial charge in [0.05, 0.1) is 0 Å². The highest BCUT2D eigenvalue weighted by Crippen LogP contribution is 2.63. The normalized spacial score (nSPS) is 37.1. The molecule has 0 radical (unpaired) electrons. The summed E-state index contributed by atoms with van der Waals surface area (Å²) in [5, 5.41) is 0. The van der Waals surface area contributed by atoms with Crippen LogP contribution in [0.5, 0.6) is 0 Å². The molecule has 0 aromatic rings. The Bertz CT molecular complexity index is 575. The summed E-state index contributed by atoms with van der Waals surface area (Å²) in [6.07, 6.45) is 11.9. The zero-order valence-electron chi connectivity index (χ0n) is 18.6. The van der Waals surface area contributed by atoms with Crippen LogP contribution in [0.2, 0.25) is 0 Å². The van der Waals surface area contributed by atoms with Crippen LogP contribution in [-0.2, 0) is 9.53 Å². The van der Waals surface area contributed by atoms with Gasteiger partial charge >= 0.3 is 5.97 Å². The van der Waals surface area contributed by atoms with Crippen molar-refractivity contribution in [2.24, 2.45) is 40.9 Å². The smallest absolute Gasteiger partial charge is 0.307 e. The number of carbonyl (C=O) groups excluding carboxylic acids is 1. The Morgan fingerprint density at radius 2 is 1.89 bits per heavy atom. The molecule has 6 atom stereocenters. The zero-order chi connectivity index (χ0) is 19.8. The minimum Gasteiger partial charge on any atom is -0.431 e. The van der Waals surface area contributed by atoms with E-state index < -0.39 is 0 Å². The lowest BCUT2D eigenvalue weighted by molar-refractivity contribution is -0.137. The van der Waals surface area contributed by atoms with Gasteiger partial charge in [0.2, 0.25) is 0 Å². The number of hydrogen-bond donors (Lipinski definition) is 0. The molecule has 2 heteroatoms. The Hall–Kier alpha value is -0.790. The second-order valence-corrected chi connectivity index (χ2v) is 10.6. The van der Waals surface area contributed by atoms with Gasteiger partial charge in [-0.05, 0) is 85.5 Å². The Morgan fingerprint density at radius 3 is 2.56 bits per heavy atom. The summed E-state index contributed by atoms with van der Waals surface area (Å²) in [6.45, 7) is 13.6. The lowest BCUT2D eigenvalue weighted by Gasteiger charge is -2.52. The minimum absolute atomic E-state index is 0.153. The monoisotopic (exact) mass is 374 g/mol. The van der Waals surface area contributed by atoms with Gasteiger partial charge in [0.25, 0.3) is 0 Å². The van der Waals surface area contributed by atoms with Crippen molar-refractivity contribution in [2.75, 3.05) is 0 Å². The largest absolute Gasteiger partial charge is 0.431 e. The van der Waals surface area contributed by atoms with Gasteiger partial charge < -0.3 is 4.74 Å². The topological polar surface area (TPSA) is 26.3 Å². The van der Waals surface area contributed by atoms with E-state index in [0.717, 1.165) is 41.8 Å². The van der Waals surface area contributed by atoms with Gasteiger partial charge in [0, 0.05) is 13.3 Å². The Kier molecular flexibility index (Phi) is 6.43. The lowest BCUT2D eigenvalue weighted by Crippen LogP contribution is -2.44. The van der Waals surface area contributed by atoms with Crippen LogP contribution in [0.25, 0.3) is 0 Å². The summed E-state index contributed by atoms with van der Waals surface area (Å²) in [7, 11) is 0. The van der Waals surface area contributed by atoms with E-state index in [2.05, 4.69) is 34.6 Å². The van der Waals surface area contributed by atoms with Gasteiger partial charge in [0.15, 0.2) is 0 Å². The van der Waals surface area contributed by atoms with Crippen LogP contribution in [0.4, 0.5) is 0 Å². The molecule has 0 heterocycles. The van der Waals surface area contributed by atoms with Crippen LogP contribution in [0.1, 0.15) is 99.3 Å². The van der Waals surface area contributed by atoms with E-state index in [9.17, 15) is 4.79 Å². The standard InChI is InChI=1S/C25H42O2/c1-16(2)8-7-9-17(3)22-11-12-23-21-10-13-24(27-19(5)26)18(4)20(21)14-15-25(22,23)6/h16-17,20-23H,7-15H2,1-6H3. The molecule has 0 aromatic heterocycles. The lowest BCUT2D eigenvalue weighted by atomic mass is 9.53. The Morgan fingerprint density at radius 1 is 1.15 bits per heavy atom. The number of fused-ring (bicyclic) bond motifs is 3. The number of rotatable bonds is 6. The molecule has 0 amide bonds. The molecule has 2 nitrogen and oxygen atoms in total. The van der Waals surface area contributed by atoms with Gasteiger partial charge in [0.1, 0.15) is 5.76 Å². The highest BCUT2D eigenvalue weighted by Gasteiger charge is 2.55. The fraction of sp³-hybridized carbons (Fsp3) is 0.880. The Balaban J connectivity index is 1.69. The summed E-state index contributed by atoms with van der Waals surface area (Å²) in [4.78, 5) is 11.4. The predicted molar refractivity (Wildman–Crippen MR) is 112 cm³/mol. The van der Waals surface area contributed by atoms with Crippen LogP contribution in [-0.4, -0.2) is 5.97 Å². The molecule has 2 saturated carbocycles. The van der Waals surface area contributed by atoms with Crippen molar-refractivity contribution < 1.29 is 9.53 Å². The van der Waals surface area contributed by atoms with Gasteiger partial charge in [-0.25, -0.2) is 0 Å². The number of carbonyl (C=O) groups is 1. The Labute approximate surface area is 167 Å². The number of hydrogen-bond acceptors (Lipinski definition) is 2. The first kappa shape index (κ1) is 20.9. The summed E-state index contributed by atoms with van der Waals surface area (Å²) >= 11 is 0. The maximum atomic E-state index is 11.4. The number of ether oxygens (including phenoxy) is 1. The molecule has 0 saturated heterocycles. The summed E-state index contributed by atoms with van der Waals surface area (Å²) < 4.78 is 5.55. The molecule has 0 aliphatic heterocycles. The van der Waals surface area contributed by atoms with Gasteiger partial charge in [-0.2, -0.15) is 0 Å². The average molecular weight is 375 g/mol. The molecule has 154 valence electrons. The van der Waals surface area contributed by atoms with Crippen LogP contribution < -0.4 is 0 Å². The van der Waals surface area contributed by atoms with Crippen LogP contribution in [0.3, 0.4) is 0 Å². The molecular weight excluding hydrogens is 332 g/mol. The van der Waals surface area contributed by atoms with Crippen molar-refractivity contribution in [3.63, 3.8) is 0 Å². The average Bonchev–Trinajstić information content (AvgIpc) is 2.94. The van der Waals surface area contributed by atoms with Crippen molar-refractivity contribution >= 4 is 5.97 Å². The fourth-order valence-electron chi connectivity index (χ4n) is 7.26. The second-order valence-electron chi connectivity index (χ2n) is 10.6. The highest BCUT2D eigenvalue weighted by atomic mass is 16.5. The van der Waals surface area contributed by atoms with E-state index in [4.69, 9.17) is 4.74 Å². The van der Waals surface area contributed by atoms with Crippen LogP contribution in [0, 0.1) is 40.9 Å². The SMILES string of the molecule is CC(=O)OC1=C(C)C2CCC3(C)C(C(C)CCCC(C)C)CCC3C2CC1. The zero-order valence-corrected chi connectivity index (χ0v) is 18.6. The number of allylic oxidation sites excluding steroid dienone is 2. The molecule has 0 N–H and O–H groups in total. The minimum atomic E-state index is -0.153. The highest BCUT2D eigenvalue weighted by molar-refractivity contribution is 5.67. The van der Waals surface area contributed by atoms with E-state index in [1.807, 2.05) is 0 Å². The first-order valence-electron chi connectivity index (χ1n) is 11.6. The molecule has 3 aliphatic carbocycles. The van der Waals surface area contributed by atoms with Crippen molar-refractivity contribution in [3.05, 3.63) is 11.3 Å². The molecule has 27 heavy (non-hydrogen) atoms. The van der Waals surface area contributed by atoms with Crippen molar-refractivity contribution in [1.29, 1.82) is 0 Å². The maximum absolute atomic E-state index is 11.4. The van der Waals surface area contributed by atoms with E-state index in [0.29, 0.717) is 11.3 Å². The quantitative estimate of drug-likeness (QED) is 0.462. The molecule has 2 fully saturated rings. The summed E-state index contributed by atoms with van der Waals surface area (Å²) in [5.41, 5.74) is 1.93. The third kappa shape index (κ3) is 4.15. The molecule has 6 unspecified atom stereocenters.